The minimum absolute atomic E-state index is 0.00663. The number of aromatic nitrogens is 1. The lowest BCUT2D eigenvalue weighted by atomic mass is 9.97. The van der Waals surface area contributed by atoms with Gasteiger partial charge in [-0.2, -0.15) is 0 Å². The molecule has 5 heteroatoms. The van der Waals surface area contributed by atoms with Crippen molar-refractivity contribution >= 4 is 5.91 Å². The Morgan fingerprint density at radius 1 is 1.42 bits per heavy atom. The Kier molecular flexibility index (Phi) is 3.31. The Morgan fingerprint density at radius 2 is 2.21 bits per heavy atom. The maximum Gasteiger partial charge on any atom is 0.276 e. The molecule has 0 aromatic carbocycles. The molecule has 1 amide bonds. The standard InChI is InChI=1S/C14H21N3O2/c1-10-5-3-4-6-17(10)12-7-16(8-12)14(18)13-11(2)19-9-15-13/h9-10,12H,3-8H2,1-2H3/t10-/m1/s1. The molecule has 0 radical (unpaired) electrons. The van der Waals surface area contributed by atoms with Gasteiger partial charge < -0.3 is 9.32 Å². The predicted molar refractivity (Wildman–Crippen MR) is 71.0 cm³/mol. The van der Waals surface area contributed by atoms with Gasteiger partial charge in [0.2, 0.25) is 0 Å². The van der Waals surface area contributed by atoms with Gasteiger partial charge in [0.1, 0.15) is 5.76 Å². The molecule has 0 saturated carbocycles. The Morgan fingerprint density at radius 3 is 2.84 bits per heavy atom. The highest BCUT2D eigenvalue weighted by Gasteiger charge is 2.38. The van der Waals surface area contributed by atoms with E-state index in [1.165, 1.54) is 32.2 Å². The molecule has 1 atom stereocenters. The molecule has 2 aliphatic rings. The highest BCUT2D eigenvalue weighted by Crippen LogP contribution is 2.25. The first-order chi connectivity index (χ1) is 9.16. The van der Waals surface area contributed by atoms with Crippen LogP contribution in [-0.4, -0.2) is 52.4 Å². The first kappa shape index (κ1) is 12.7. The Hall–Kier alpha value is -1.36. The third kappa shape index (κ3) is 2.27. The molecule has 3 heterocycles. The molecule has 2 fully saturated rings. The first-order valence-electron chi connectivity index (χ1n) is 7.12. The molecule has 1 aromatic rings. The summed E-state index contributed by atoms with van der Waals surface area (Å²) in [6, 6.07) is 1.19. The maximum atomic E-state index is 12.2. The van der Waals surface area contributed by atoms with Crippen molar-refractivity contribution in [3.63, 3.8) is 0 Å². The number of hydrogen-bond donors (Lipinski definition) is 0. The molecule has 19 heavy (non-hydrogen) atoms. The quantitative estimate of drug-likeness (QED) is 0.814. The van der Waals surface area contributed by atoms with Gasteiger partial charge in [-0.25, -0.2) is 4.98 Å². The molecule has 0 unspecified atom stereocenters. The maximum absolute atomic E-state index is 12.2. The van der Waals surface area contributed by atoms with Crippen LogP contribution in [0.3, 0.4) is 0 Å². The van der Waals surface area contributed by atoms with Crippen LogP contribution in [0.4, 0.5) is 0 Å². The fraction of sp³-hybridized carbons (Fsp3) is 0.714. The first-order valence-corrected chi connectivity index (χ1v) is 7.12. The van der Waals surface area contributed by atoms with E-state index in [-0.39, 0.29) is 5.91 Å². The van der Waals surface area contributed by atoms with Gasteiger partial charge in [-0.15, -0.1) is 0 Å². The van der Waals surface area contributed by atoms with Gasteiger partial charge in [-0.05, 0) is 33.2 Å². The Balaban J connectivity index is 1.58. The van der Waals surface area contributed by atoms with Gasteiger partial charge in [0.05, 0.1) is 0 Å². The molecule has 3 rings (SSSR count). The minimum atomic E-state index is 0.00663. The number of piperidine rings is 1. The lowest BCUT2D eigenvalue weighted by Crippen LogP contribution is -2.63. The zero-order valence-corrected chi connectivity index (χ0v) is 11.6. The smallest absolute Gasteiger partial charge is 0.276 e. The summed E-state index contributed by atoms with van der Waals surface area (Å²) in [7, 11) is 0. The summed E-state index contributed by atoms with van der Waals surface area (Å²) in [5.41, 5.74) is 0.463. The summed E-state index contributed by atoms with van der Waals surface area (Å²) in [6.07, 6.45) is 5.25. The van der Waals surface area contributed by atoms with E-state index in [1.54, 1.807) is 6.92 Å². The normalized spacial score (nSPS) is 25.4. The lowest BCUT2D eigenvalue weighted by Gasteiger charge is -2.49. The fourth-order valence-electron chi connectivity index (χ4n) is 3.15. The van der Waals surface area contributed by atoms with Crippen molar-refractivity contribution < 1.29 is 9.21 Å². The van der Waals surface area contributed by atoms with Gasteiger partial charge in [-0.3, -0.25) is 9.69 Å². The minimum Gasteiger partial charge on any atom is -0.448 e. The number of hydrogen-bond acceptors (Lipinski definition) is 4. The lowest BCUT2D eigenvalue weighted by molar-refractivity contribution is 0.00175. The van der Waals surface area contributed by atoms with E-state index in [0.29, 0.717) is 23.5 Å². The average Bonchev–Trinajstić information content (AvgIpc) is 2.76. The summed E-state index contributed by atoms with van der Waals surface area (Å²) in [5, 5.41) is 0. The largest absolute Gasteiger partial charge is 0.448 e. The van der Waals surface area contributed by atoms with Crippen LogP contribution in [-0.2, 0) is 0 Å². The molecule has 0 bridgehead atoms. The van der Waals surface area contributed by atoms with Crippen LogP contribution in [0.1, 0.15) is 42.4 Å². The van der Waals surface area contributed by atoms with Crippen molar-refractivity contribution in [1.82, 2.24) is 14.8 Å². The van der Waals surface area contributed by atoms with Gasteiger partial charge in [0.15, 0.2) is 12.1 Å². The number of rotatable bonds is 2. The predicted octanol–water partition coefficient (Wildman–Crippen LogP) is 1.68. The summed E-state index contributed by atoms with van der Waals surface area (Å²) in [4.78, 5) is 20.6. The van der Waals surface area contributed by atoms with Crippen molar-refractivity contribution in [2.24, 2.45) is 0 Å². The number of carbonyl (C=O) groups is 1. The van der Waals surface area contributed by atoms with Gasteiger partial charge in [-0.1, -0.05) is 6.42 Å². The average molecular weight is 263 g/mol. The van der Waals surface area contributed by atoms with Crippen LogP contribution in [0.15, 0.2) is 10.8 Å². The van der Waals surface area contributed by atoms with Crippen LogP contribution in [0.25, 0.3) is 0 Å². The molecule has 0 aliphatic carbocycles. The van der Waals surface area contributed by atoms with E-state index in [1.807, 2.05) is 4.90 Å². The van der Waals surface area contributed by atoms with Crippen LogP contribution >= 0.6 is 0 Å². The van der Waals surface area contributed by atoms with Crippen LogP contribution in [0.5, 0.6) is 0 Å². The van der Waals surface area contributed by atoms with Gasteiger partial charge in [0, 0.05) is 25.2 Å². The summed E-state index contributed by atoms with van der Waals surface area (Å²) < 4.78 is 5.10. The molecular weight excluding hydrogens is 242 g/mol. The third-order valence-corrected chi connectivity index (χ3v) is 4.42. The van der Waals surface area contributed by atoms with Crippen LogP contribution in [0, 0.1) is 6.92 Å². The van der Waals surface area contributed by atoms with Gasteiger partial charge >= 0.3 is 0 Å². The van der Waals surface area contributed by atoms with Crippen molar-refractivity contribution in [3.05, 3.63) is 17.8 Å². The molecule has 1 aromatic heterocycles. The van der Waals surface area contributed by atoms with Crippen molar-refractivity contribution in [2.45, 2.75) is 45.2 Å². The number of oxazole rings is 1. The van der Waals surface area contributed by atoms with E-state index in [9.17, 15) is 4.79 Å². The summed E-state index contributed by atoms with van der Waals surface area (Å²) in [6.45, 7) is 6.91. The Labute approximate surface area is 113 Å². The molecular formula is C14H21N3O2. The molecule has 104 valence electrons. The van der Waals surface area contributed by atoms with Crippen molar-refractivity contribution in [2.75, 3.05) is 19.6 Å². The number of amides is 1. The van der Waals surface area contributed by atoms with Gasteiger partial charge in [0.25, 0.3) is 5.91 Å². The monoisotopic (exact) mass is 263 g/mol. The van der Waals surface area contributed by atoms with Crippen molar-refractivity contribution in [3.8, 4) is 0 Å². The Bertz CT molecular complexity index is 465. The zero-order valence-electron chi connectivity index (χ0n) is 11.6. The molecule has 0 spiro atoms. The van der Waals surface area contributed by atoms with E-state index in [4.69, 9.17) is 4.42 Å². The fourth-order valence-corrected chi connectivity index (χ4v) is 3.15. The van der Waals surface area contributed by atoms with E-state index in [2.05, 4.69) is 16.8 Å². The second kappa shape index (κ2) is 4.96. The van der Waals surface area contributed by atoms with Crippen LogP contribution in [0.2, 0.25) is 0 Å². The highest BCUT2D eigenvalue weighted by molar-refractivity contribution is 5.93. The van der Waals surface area contributed by atoms with E-state index >= 15 is 0 Å². The van der Waals surface area contributed by atoms with Crippen molar-refractivity contribution in [1.29, 1.82) is 0 Å². The van der Waals surface area contributed by atoms with E-state index in [0.717, 1.165) is 13.1 Å². The highest BCUT2D eigenvalue weighted by atomic mass is 16.3. The molecule has 5 nitrogen and oxygen atoms in total. The topological polar surface area (TPSA) is 49.6 Å². The van der Waals surface area contributed by atoms with Crippen LogP contribution < -0.4 is 0 Å². The summed E-state index contributed by atoms with van der Waals surface area (Å²) >= 11 is 0. The second-order valence-corrected chi connectivity index (χ2v) is 5.70. The number of carbonyl (C=O) groups excluding carboxylic acids is 1. The number of likely N-dealkylation sites (tertiary alicyclic amines) is 2. The molecule has 2 saturated heterocycles. The third-order valence-electron chi connectivity index (χ3n) is 4.42. The van der Waals surface area contributed by atoms with E-state index < -0.39 is 0 Å². The number of aryl methyl sites for hydroxylation is 1. The zero-order chi connectivity index (χ0) is 13.4. The molecule has 2 aliphatic heterocycles. The summed E-state index contributed by atoms with van der Waals surface area (Å²) in [5.74, 6) is 0.618. The SMILES string of the molecule is Cc1ocnc1C(=O)N1CC(N2CCCC[C@H]2C)C1. The molecule has 0 N–H and O–H groups in total. The second-order valence-electron chi connectivity index (χ2n) is 5.70. The number of nitrogens with zero attached hydrogens (tertiary/aromatic N) is 3.